The van der Waals surface area contributed by atoms with Crippen molar-refractivity contribution in [3.63, 3.8) is 0 Å². The number of β-amino-alcohol motifs (C(OH)–C–C–N with tert-alkyl or cyclic N) is 1. The van der Waals surface area contributed by atoms with Crippen LogP contribution in [-0.2, 0) is 4.79 Å². The first-order valence-corrected chi connectivity index (χ1v) is 18.4. The van der Waals surface area contributed by atoms with Crippen molar-refractivity contribution in [1.82, 2.24) is 30.0 Å². The Morgan fingerprint density at radius 2 is 1.83 bits per heavy atom. The molecule has 4 aliphatic heterocycles. The van der Waals surface area contributed by atoms with E-state index in [1.807, 2.05) is 33.8 Å². The molecule has 2 aromatic carbocycles. The number of rotatable bonds is 8. The summed E-state index contributed by atoms with van der Waals surface area (Å²) in [5.41, 5.74) is 4.23. The second-order valence-electron chi connectivity index (χ2n) is 15.7. The SMILES string of the molecule is C=CC(=O)N1CC2(CCN(c3nc(N4CC(N5C[C@H](O)[C@@H](F)C5)C4)nc4c(OCC(F)(F)F)c(-c5c(C)ccc6[nH]ncc56)c(C5CC5)cc34)CC2)C1. The maximum atomic E-state index is 14.2. The molecule has 0 radical (unpaired) electrons. The summed E-state index contributed by atoms with van der Waals surface area (Å²) >= 11 is 0. The molecule has 2 aromatic heterocycles. The van der Waals surface area contributed by atoms with E-state index in [0.29, 0.717) is 67.5 Å². The minimum Gasteiger partial charge on any atom is -0.481 e. The van der Waals surface area contributed by atoms with E-state index in [2.05, 4.69) is 27.7 Å². The van der Waals surface area contributed by atoms with Crippen molar-refractivity contribution < 1.29 is 32.2 Å². The highest BCUT2D eigenvalue weighted by atomic mass is 19.4. The number of hydrogen-bond acceptors (Lipinski definition) is 9. The lowest BCUT2D eigenvalue weighted by molar-refractivity contribution is -0.153. The van der Waals surface area contributed by atoms with Gasteiger partial charge < -0.3 is 24.5 Å². The van der Waals surface area contributed by atoms with Gasteiger partial charge in [-0.15, -0.1) is 0 Å². The summed E-state index contributed by atoms with van der Waals surface area (Å²) in [4.78, 5) is 30.3. The van der Waals surface area contributed by atoms with Crippen molar-refractivity contribution in [3.8, 4) is 16.9 Å². The quantitative estimate of drug-likeness (QED) is 0.188. The van der Waals surface area contributed by atoms with E-state index < -0.39 is 25.1 Å². The lowest BCUT2D eigenvalue weighted by Gasteiger charge is -2.54. The number of piperidine rings is 1. The first kappa shape index (κ1) is 34.3. The molecule has 11 nitrogen and oxygen atoms in total. The lowest BCUT2D eigenvalue weighted by Crippen LogP contribution is -2.61. The van der Waals surface area contributed by atoms with Gasteiger partial charge in [0, 0.05) is 80.2 Å². The molecule has 4 saturated heterocycles. The van der Waals surface area contributed by atoms with Gasteiger partial charge in [-0.05, 0) is 73.4 Å². The van der Waals surface area contributed by atoms with Crippen LogP contribution < -0.4 is 14.5 Å². The molecule has 280 valence electrons. The maximum Gasteiger partial charge on any atom is 0.422 e. The van der Waals surface area contributed by atoms with Gasteiger partial charge in [-0.3, -0.25) is 14.8 Å². The van der Waals surface area contributed by atoms with Gasteiger partial charge in [0.25, 0.3) is 0 Å². The average Bonchev–Trinajstić information content (AvgIpc) is 3.74. The zero-order valence-electron chi connectivity index (χ0n) is 29.5. The summed E-state index contributed by atoms with van der Waals surface area (Å²) < 4.78 is 62.3. The molecule has 4 aromatic rings. The third-order valence-corrected chi connectivity index (χ3v) is 12.0. The Balaban J connectivity index is 1.18. The van der Waals surface area contributed by atoms with Gasteiger partial charge in [0.2, 0.25) is 11.9 Å². The molecule has 0 unspecified atom stereocenters. The Hall–Kier alpha value is -4.50. The Kier molecular flexibility index (Phi) is 8.11. The van der Waals surface area contributed by atoms with Crippen LogP contribution in [0.3, 0.4) is 0 Å². The molecule has 1 saturated carbocycles. The zero-order valence-corrected chi connectivity index (χ0v) is 29.5. The van der Waals surface area contributed by atoms with Gasteiger partial charge in [0.05, 0.1) is 17.8 Å². The van der Waals surface area contributed by atoms with Crippen LogP contribution in [0.2, 0.25) is 0 Å². The van der Waals surface area contributed by atoms with Crippen LogP contribution in [0.25, 0.3) is 32.9 Å². The molecule has 9 rings (SSSR count). The van der Waals surface area contributed by atoms with Crippen molar-refractivity contribution in [1.29, 1.82) is 0 Å². The predicted molar refractivity (Wildman–Crippen MR) is 192 cm³/mol. The number of fused-ring (bicyclic) bond motifs is 2. The number of likely N-dealkylation sites (tertiary alicyclic amines) is 2. The van der Waals surface area contributed by atoms with Crippen molar-refractivity contribution >= 4 is 39.5 Å². The smallest absolute Gasteiger partial charge is 0.422 e. The van der Waals surface area contributed by atoms with Gasteiger partial charge in [0.1, 0.15) is 17.5 Å². The van der Waals surface area contributed by atoms with E-state index in [1.165, 1.54) is 6.08 Å². The van der Waals surface area contributed by atoms with Gasteiger partial charge in [0.15, 0.2) is 12.4 Å². The number of alkyl halides is 4. The number of hydrogen-bond donors (Lipinski definition) is 2. The number of H-pyrrole nitrogens is 1. The number of ether oxygens (including phenoxy) is 1. The number of amides is 1. The summed E-state index contributed by atoms with van der Waals surface area (Å²) in [6.07, 6.45) is -0.420. The predicted octanol–water partition coefficient (Wildman–Crippen LogP) is 5.12. The molecular formula is C38H42F4N8O3. The monoisotopic (exact) mass is 734 g/mol. The Labute approximate surface area is 303 Å². The second kappa shape index (κ2) is 12.5. The average molecular weight is 735 g/mol. The van der Waals surface area contributed by atoms with Crippen LogP contribution >= 0.6 is 0 Å². The van der Waals surface area contributed by atoms with E-state index in [0.717, 1.165) is 53.3 Å². The lowest BCUT2D eigenvalue weighted by atomic mass is 9.72. The molecular weight excluding hydrogens is 692 g/mol. The van der Waals surface area contributed by atoms with E-state index in [4.69, 9.17) is 14.7 Å². The van der Waals surface area contributed by atoms with Crippen LogP contribution in [0.5, 0.6) is 5.75 Å². The molecule has 5 fully saturated rings. The Morgan fingerprint density at radius 3 is 2.49 bits per heavy atom. The first-order chi connectivity index (χ1) is 25.4. The Morgan fingerprint density at radius 1 is 1.08 bits per heavy atom. The number of nitrogens with one attached hydrogen (secondary N) is 1. The fourth-order valence-corrected chi connectivity index (χ4v) is 8.82. The molecule has 1 amide bonds. The minimum atomic E-state index is -4.60. The van der Waals surface area contributed by atoms with Crippen molar-refractivity contribution in [2.75, 3.05) is 68.8 Å². The fourth-order valence-electron chi connectivity index (χ4n) is 8.82. The van der Waals surface area contributed by atoms with Crippen LogP contribution in [0.4, 0.5) is 29.3 Å². The standard InChI is InChI=1S/C38H42F4N8O3/c1-3-30(52)50-18-37(19-50)8-10-47(11-9-37)35-25-12-24(22-5-6-22)32(31-21(2)4-7-28-26(31)13-43-46-28)34(53-20-38(40,41)42)33(25)44-36(45-35)49-14-23(15-49)48-16-27(39)29(51)17-48/h3-4,7,12-13,22-23,27,29,51H,1,5-6,8-11,14-20H2,2H3,(H,43,46)/t27-,29-/m0/s1. The molecule has 53 heavy (non-hydrogen) atoms. The van der Waals surface area contributed by atoms with Crippen molar-refractivity contribution in [3.05, 3.63) is 48.2 Å². The number of aliphatic hydroxyl groups excluding tert-OH is 1. The van der Waals surface area contributed by atoms with Crippen molar-refractivity contribution in [2.45, 2.75) is 63.0 Å². The number of anilines is 2. The largest absolute Gasteiger partial charge is 0.481 e. The molecule has 6 heterocycles. The number of aromatic amines is 1. The van der Waals surface area contributed by atoms with Gasteiger partial charge in [-0.1, -0.05) is 12.6 Å². The van der Waals surface area contributed by atoms with Crippen LogP contribution in [-0.4, -0.2) is 124 Å². The van der Waals surface area contributed by atoms with E-state index in [9.17, 15) is 27.5 Å². The molecule has 15 heteroatoms. The number of benzene rings is 2. The summed E-state index contributed by atoms with van der Waals surface area (Å²) in [6, 6.07) is 5.91. The van der Waals surface area contributed by atoms with Crippen LogP contribution in [0.1, 0.15) is 42.7 Å². The van der Waals surface area contributed by atoms with Gasteiger partial charge in [-0.25, -0.2) is 9.37 Å². The number of carbonyl (C=O) groups excluding carboxylic acids is 1. The first-order valence-electron chi connectivity index (χ1n) is 18.4. The van der Waals surface area contributed by atoms with E-state index in [1.54, 1.807) is 6.20 Å². The summed E-state index contributed by atoms with van der Waals surface area (Å²) in [7, 11) is 0. The Bertz CT molecular complexity index is 2090. The minimum absolute atomic E-state index is 0.00816. The van der Waals surface area contributed by atoms with E-state index in [-0.39, 0.29) is 42.1 Å². The second-order valence-corrected chi connectivity index (χ2v) is 15.7. The number of carbonyl (C=O) groups is 1. The number of aryl methyl sites for hydroxylation is 1. The highest BCUT2D eigenvalue weighted by Gasteiger charge is 2.47. The summed E-state index contributed by atoms with van der Waals surface area (Å²) in [6.45, 7) is 8.09. The third-order valence-electron chi connectivity index (χ3n) is 12.0. The van der Waals surface area contributed by atoms with Gasteiger partial charge in [-0.2, -0.15) is 23.3 Å². The maximum absolute atomic E-state index is 14.2. The third kappa shape index (κ3) is 6.05. The molecule has 2 N–H and O–H groups in total. The van der Waals surface area contributed by atoms with Crippen LogP contribution in [0, 0.1) is 12.3 Å². The topological polar surface area (TPSA) is 114 Å². The molecule has 1 spiro atoms. The normalized spacial score (nSPS) is 23.5. The summed E-state index contributed by atoms with van der Waals surface area (Å²) in [5.74, 6) is 1.15. The number of aromatic nitrogens is 4. The fraction of sp³-hybridized carbons (Fsp3) is 0.526. The van der Waals surface area contributed by atoms with Crippen molar-refractivity contribution in [2.24, 2.45) is 5.41 Å². The number of aliphatic hydroxyl groups is 1. The molecule has 0 bridgehead atoms. The molecule has 2 atom stereocenters. The summed E-state index contributed by atoms with van der Waals surface area (Å²) in [5, 5.41) is 18.7. The number of nitrogens with zero attached hydrogens (tertiary/aromatic N) is 7. The van der Waals surface area contributed by atoms with Crippen LogP contribution in [0.15, 0.2) is 37.1 Å². The number of halogens is 4. The highest BCUT2D eigenvalue weighted by Crippen LogP contribution is 2.53. The zero-order chi connectivity index (χ0) is 36.8. The van der Waals surface area contributed by atoms with Gasteiger partial charge >= 0.3 is 6.18 Å². The highest BCUT2D eigenvalue weighted by molar-refractivity contribution is 6.06. The van der Waals surface area contributed by atoms with E-state index >= 15 is 0 Å². The molecule has 5 aliphatic rings. The molecule has 1 aliphatic carbocycles.